The zero-order valence-corrected chi connectivity index (χ0v) is 10.7. The number of Topliss-reactive ketones (excluding diaryl/α,β-unsaturated/α-hetero) is 1. The van der Waals surface area contributed by atoms with Crippen LogP contribution in [0.2, 0.25) is 0 Å². The summed E-state index contributed by atoms with van der Waals surface area (Å²) in [7, 11) is 0. The fourth-order valence-electron chi connectivity index (χ4n) is 2.36. The predicted molar refractivity (Wildman–Crippen MR) is 69.4 cm³/mol. The summed E-state index contributed by atoms with van der Waals surface area (Å²) in [6.45, 7) is 0. The smallest absolute Gasteiger partial charge is 0.181 e. The first kappa shape index (κ1) is 11.6. The highest BCUT2D eigenvalue weighted by Gasteiger charge is 2.22. The van der Waals surface area contributed by atoms with Gasteiger partial charge < -0.3 is 4.98 Å². The van der Waals surface area contributed by atoms with Crippen molar-refractivity contribution in [2.45, 2.75) is 30.7 Å². The van der Waals surface area contributed by atoms with Crippen LogP contribution in [0.5, 0.6) is 0 Å². The molecule has 0 aliphatic heterocycles. The maximum absolute atomic E-state index is 12.0. The molecule has 2 aromatic heterocycles. The lowest BCUT2D eigenvalue weighted by atomic mass is 10.0. The van der Waals surface area contributed by atoms with Gasteiger partial charge in [-0.3, -0.25) is 4.79 Å². The van der Waals surface area contributed by atoms with E-state index in [9.17, 15) is 4.79 Å². The Kier molecular flexibility index (Phi) is 3.27. The third-order valence-corrected chi connectivity index (χ3v) is 4.36. The van der Waals surface area contributed by atoms with Crippen molar-refractivity contribution in [3.05, 3.63) is 12.7 Å². The van der Waals surface area contributed by atoms with Crippen LogP contribution in [-0.2, 0) is 4.79 Å². The number of fused-ring (bicyclic) bond motifs is 1. The van der Waals surface area contributed by atoms with Crippen molar-refractivity contribution in [1.82, 2.24) is 19.9 Å². The summed E-state index contributed by atoms with van der Waals surface area (Å²) in [6, 6.07) is 0. The van der Waals surface area contributed by atoms with E-state index in [1.54, 1.807) is 6.33 Å². The third-order valence-electron chi connectivity index (χ3n) is 3.35. The van der Waals surface area contributed by atoms with E-state index in [0.29, 0.717) is 17.2 Å². The molecule has 0 bridgehead atoms. The fourth-order valence-corrected chi connectivity index (χ4v) is 3.29. The highest BCUT2D eigenvalue weighted by Crippen LogP contribution is 2.28. The first-order valence-electron chi connectivity index (χ1n) is 6.14. The van der Waals surface area contributed by atoms with Crippen molar-refractivity contribution in [2.24, 2.45) is 5.92 Å². The van der Waals surface area contributed by atoms with Crippen molar-refractivity contribution in [3.63, 3.8) is 0 Å². The summed E-state index contributed by atoms with van der Waals surface area (Å²) in [5, 5.41) is 0.809. The molecule has 0 unspecified atom stereocenters. The maximum atomic E-state index is 12.0. The minimum absolute atomic E-state index is 0.275. The highest BCUT2D eigenvalue weighted by molar-refractivity contribution is 8.00. The number of thioether (sulfide) groups is 1. The van der Waals surface area contributed by atoms with Crippen LogP contribution >= 0.6 is 11.8 Å². The lowest BCUT2D eigenvalue weighted by molar-refractivity contribution is -0.120. The van der Waals surface area contributed by atoms with Gasteiger partial charge in [-0.05, 0) is 12.8 Å². The predicted octanol–water partition coefficient (Wildman–Crippen LogP) is 2.20. The Morgan fingerprint density at radius 2 is 2.17 bits per heavy atom. The molecule has 6 heteroatoms. The summed E-state index contributed by atoms with van der Waals surface area (Å²) in [6.07, 6.45) is 7.60. The second-order valence-electron chi connectivity index (χ2n) is 4.52. The number of ketones is 1. The van der Waals surface area contributed by atoms with Crippen LogP contribution in [-0.4, -0.2) is 31.5 Å². The summed E-state index contributed by atoms with van der Waals surface area (Å²) in [5.41, 5.74) is 1.47. The molecular formula is C12H14N4OS. The Morgan fingerprint density at radius 1 is 1.33 bits per heavy atom. The molecule has 1 aliphatic rings. The summed E-state index contributed by atoms with van der Waals surface area (Å²) < 4.78 is 0. The van der Waals surface area contributed by atoms with Crippen LogP contribution in [0.25, 0.3) is 11.2 Å². The second kappa shape index (κ2) is 5.06. The molecule has 1 N–H and O–H groups in total. The first-order chi connectivity index (χ1) is 8.84. The van der Waals surface area contributed by atoms with Gasteiger partial charge in [-0.15, -0.1) is 0 Å². The highest BCUT2D eigenvalue weighted by atomic mass is 32.2. The standard InChI is InChI=1S/C12H14N4OS/c17-9(8-3-1-2-4-8)5-18-12-10-11(14-6-13-10)15-7-16-12/h6-8H,1-5H2,(H,13,14,15,16). The van der Waals surface area contributed by atoms with Crippen LogP contribution in [0.4, 0.5) is 0 Å². The second-order valence-corrected chi connectivity index (χ2v) is 5.48. The quantitative estimate of drug-likeness (QED) is 0.675. The number of carbonyl (C=O) groups excluding carboxylic acids is 1. The van der Waals surface area contributed by atoms with E-state index in [1.807, 2.05) is 0 Å². The van der Waals surface area contributed by atoms with Gasteiger partial charge >= 0.3 is 0 Å². The molecule has 5 nitrogen and oxygen atoms in total. The lowest BCUT2D eigenvalue weighted by Crippen LogP contribution is -2.13. The number of aromatic amines is 1. The summed E-state index contributed by atoms with van der Waals surface area (Å²) in [5.74, 6) is 1.12. The van der Waals surface area contributed by atoms with E-state index < -0.39 is 0 Å². The third kappa shape index (κ3) is 2.25. The van der Waals surface area contributed by atoms with E-state index in [0.717, 1.165) is 23.4 Å². The van der Waals surface area contributed by atoms with Crippen molar-refractivity contribution in [2.75, 3.05) is 5.75 Å². The van der Waals surface area contributed by atoms with Gasteiger partial charge in [0, 0.05) is 5.92 Å². The van der Waals surface area contributed by atoms with Crippen LogP contribution < -0.4 is 0 Å². The van der Waals surface area contributed by atoms with E-state index in [2.05, 4.69) is 19.9 Å². The zero-order valence-electron chi connectivity index (χ0n) is 9.93. The Labute approximate surface area is 109 Å². The van der Waals surface area contributed by atoms with E-state index in [-0.39, 0.29) is 5.92 Å². The average Bonchev–Trinajstić information content (AvgIpc) is 3.05. The van der Waals surface area contributed by atoms with Crippen molar-refractivity contribution >= 4 is 28.7 Å². The number of H-pyrrole nitrogens is 1. The van der Waals surface area contributed by atoms with Crippen LogP contribution in [0.1, 0.15) is 25.7 Å². The monoisotopic (exact) mass is 262 g/mol. The van der Waals surface area contributed by atoms with Gasteiger partial charge in [-0.1, -0.05) is 24.6 Å². The van der Waals surface area contributed by atoms with E-state index >= 15 is 0 Å². The number of aromatic nitrogens is 4. The van der Waals surface area contributed by atoms with Gasteiger partial charge in [0.2, 0.25) is 0 Å². The van der Waals surface area contributed by atoms with Crippen molar-refractivity contribution in [1.29, 1.82) is 0 Å². The minimum Gasteiger partial charge on any atom is -0.341 e. The Hall–Kier alpha value is -1.43. The van der Waals surface area contributed by atoms with Gasteiger partial charge in [-0.25, -0.2) is 15.0 Å². The molecule has 0 amide bonds. The number of carbonyl (C=O) groups is 1. The molecule has 1 saturated carbocycles. The molecule has 1 fully saturated rings. The topological polar surface area (TPSA) is 71.5 Å². The summed E-state index contributed by atoms with van der Waals surface area (Å²) in [4.78, 5) is 27.4. The number of hydrogen-bond acceptors (Lipinski definition) is 5. The maximum Gasteiger partial charge on any atom is 0.181 e. The van der Waals surface area contributed by atoms with Crippen molar-refractivity contribution in [3.8, 4) is 0 Å². The lowest BCUT2D eigenvalue weighted by Gasteiger charge is -2.06. The first-order valence-corrected chi connectivity index (χ1v) is 7.13. The van der Waals surface area contributed by atoms with Crippen LogP contribution in [0, 0.1) is 5.92 Å². The molecule has 94 valence electrons. The van der Waals surface area contributed by atoms with E-state index in [4.69, 9.17) is 0 Å². The van der Waals surface area contributed by atoms with Gasteiger partial charge in [-0.2, -0.15) is 0 Å². The Balaban J connectivity index is 1.69. The molecule has 0 radical (unpaired) electrons. The van der Waals surface area contributed by atoms with Crippen molar-refractivity contribution < 1.29 is 4.79 Å². The molecule has 2 heterocycles. The van der Waals surface area contributed by atoms with Gasteiger partial charge in [0.25, 0.3) is 0 Å². The van der Waals surface area contributed by atoms with Gasteiger partial charge in [0.05, 0.1) is 12.1 Å². The molecule has 18 heavy (non-hydrogen) atoms. The van der Waals surface area contributed by atoms with Crippen LogP contribution in [0.3, 0.4) is 0 Å². The molecule has 0 aromatic carbocycles. The largest absolute Gasteiger partial charge is 0.341 e. The molecule has 3 rings (SSSR count). The normalized spacial score (nSPS) is 16.4. The number of hydrogen-bond donors (Lipinski definition) is 1. The average molecular weight is 262 g/mol. The molecule has 0 saturated heterocycles. The molecule has 0 atom stereocenters. The number of nitrogens with one attached hydrogen (secondary N) is 1. The minimum atomic E-state index is 0.275. The summed E-state index contributed by atoms with van der Waals surface area (Å²) >= 11 is 1.48. The molecular weight excluding hydrogens is 248 g/mol. The number of rotatable bonds is 4. The molecule has 1 aliphatic carbocycles. The van der Waals surface area contributed by atoms with Gasteiger partial charge in [0.1, 0.15) is 22.7 Å². The Morgan fingerprint density at radius 3 is 3.00 bits per heavy atom. The Bertz CT molecular complexity index is 562. The van der Waals surface area contributed by atoms with E-state index in [1.165, 1.54) is 30.9 Å². The SMILES string of the molecule is O=C(CSc1ncnc2nc[nH]c12)C1CCCC1. The zero-order chi connectivity index (χ0) is 12.4. The fraction of sp³-hybridized carbons (Fsp3) is 0.500. The molecule has 2 aromatic rings. The number of nitrogens with zero attached hydrogens (tertiary/aromatic N) is 3. The van der Waals surface area contributed by atoms with Crippen LogP contribution in [0.15, 0.2) is 17.7 Å². The molecule has 0 spiro atoms. The number of imidazole rings is 1. The van der Waals surface area contributed by atoms with Gasteiger partial charge in [0.15, 0.2) is 5.65 Å².